The van der Waals surface area contributed by atoms with Crippen LogP contribution >= 0.6 is 0 Å². The van der Waals surface area contributed by atoms with Crippen molar-refractivity contribution in [3.05, 3.63) is 18.1 Å². The molecule has 4 heteroatoms. The maximum Gasteiger partial charge on any atom is 0.144 e. The van der Waals surface area contributed by atoms with Gasteiger partial charge >= 0.3 is 0 Å². The fraction of sp³-hybridized carbons (Fsp3) is 0.714. The summed E-state index contributed by atoms with van der Waals surface area (Å²) in [5.41, 5.74) is 1.13. The Morgan fingerprint density at radius 2 is 2.17 bits per heavy atom. The van der Waals surface area contributed by atoms with E-state index in [1.165, 1.54) is 38.9 Å². The molecule has 0 aromatic carbocycles. The third-order valence-corrected chi connectivity index (χ3v) is 3.85. The van der Waals surface area contributed by atoms with Gasteiger partial charge < -0.3 is 10.2 Å². The van der Waals surface area contributed by atoms with Gasteiger partial charge in [0.25, 0.3) is 0 Å². The second-order valence-electron chi connectivity index (χ2n) is 5.08. The van der Waals surface area contributed by atoms with E-state index in [1.807, 2.05) is 19.4 Å². The van der Waals surface area contributed by atoms with Crippen molar-refractivity contribution in [2.75, 3.05) is 32.0 Å². The minimum atomic E-state index is 0.774. The van der Waals surface area contributed by atoms with Gasteiger partial charge in [-0.25, -0.2) is 4.98 Å². The normalized spacial score (nSPS) is 21.6. The van der Waals surface area contributed by atoms with Crippen molar-refractivity contribution in [2.45, 2.75) is 32.6 Å². The van der Waals surface area contributed by atoms with Crippen molar-refractivity contribution in [1.29, 1.82) is 0 Å². The Bertz CT molecular complexity index is 349. The van der Waals surface area contributed by atoms with E-state index in [9.17, 15) is 0 Å². The number of hydrogen-bond donors (Lipinski definition) is 1. The minimum Gasteiger partial charge on any atom is -0.372 e. The van der Waals surface area contributed by atoms with Gasteiger partial charge in [0, 0.05) is 7.05 Å². The lowest BCUT2D eigenvalue weighted by atomic mass is 9.95. The van der Waals surface area contributed by atoms with E-state index in [1.54, 1.807) is 0 Å². The first-order chi connectivity index (χ1) is 8.81. The number of anilines is 1. The highest BCUT2D eigenvalue weighted by atomic mass is 15.1. The fourth-order valence-corrected chi connectivity index (χ4v) is 2.63. The Balaban J connectivity index is 1.88. The monoisotopic (exact) mass is 248 g/mol. The summed E-state index contributed by atoms with van der Waals surface area (Å²) in [5.74, 6) is 1.62. The molecule has 1 aliphatic heterocycles. The van der Waals surface area contributed by atoms with Crippen molar-refractivity contribution >= 4 is 5.82 Å². The van der Waals surface area contributed by atoms with Gasteiger partial charge in [0.1, 0.15) is 5.82 Å². The van der Waals surface area contributed by atoms with Crippen LogP contribution in [-0.4, -0.2) is 41.5 Å². The molecule has 0 saturated carbocycles. The van der Waals surface area contributed by atoms with Gasteiger partial charge in [-0.05, 0) is 51.2 Å². The summed E-state index contributed by atoms with van der Waals surface area (Å²) in [4.78, 5) is 11.4. The molecule has 1 aliphatic rings. The van der Waals surface area contributed by atoms with Crippen molar-refractivity contribution in [2.24, 2.45) is 5.92 Å². The molecular weight excluding hydrogens is 224 g/mol. The zero-order chi connectivity index (χ0) is 12.8. The summed E-state index contributed by atoms with van der Waals surface area (Å²) in [6, 6.07) is 0. The van der Waals surface area contributed by atoms with Crippen LogP contribution in [0, 0.1) is 5.92 Å². The van der Waals surface area contributed by atoms with Crippen LogP contribution in [0.5, 0.6) is 0 Å². The number of hydrogen-bond acceptors (Lipinski definition) is 4. The Kier molecular flexibility index (Phi) is 4.93. The van der Waals surface area contributed by atoms with Crippen LogP contribution in [0.2, 0.25) is 0 Å². The summed E-state index contributed by atoms with van der Waals surface area (Å²) in [5, 5.41) is 3.00. The molecular formula is C14H24N4. The minimum absolute atomic E-state index is 0.774. The molecule has 1 atom stereocenters. The first-order valence-corrected chi connectivity index (χ1v) is 7.03. The summed E-state index contributed by atoms with van der Waals surface area (Å²) >= 11 is 0. The summed E-state index contributed by atoms with van der Waals surface area (Å²) in [7, 11) is 1.87. The molecule has 2 rings (SSSR count). The first kappa shape index (κ1) is 13.3. The number of likely N-dealkylation sites (tertiary alicyclic amines) is 1. The predicted molar refractivity (Wildman–Crippen MR) is 74.7 cm³/mol. The highest BCUT2D eigenvalue weighted by Crippen LogP contribution is 2.20. The van der Waals surface area contributed by atoms with Crippen molar-refractivity contribution in [3.63, 3.8) is 0 Å². The highest BCUT2D eigenvalue weighted by molar-refractivity contribution is 5.29. The average Bonchev–Trinajstić information content (AvgIpc) is 2.65. The van der Waals surface area contributed by atoms with Gasteiger partial charge in [-0.2, -0.15) is 0 Å². The number of nitrogens with one attached hydrogen (secondary N) is 1. The second kappa shape index (κ2) is 6.69. The molecule has 0 radical (unpaired) electrons. The van der Waals surface area contributed by atoms with Gasteiger partial charge in [-0.15, -0.1) is 0 Å². The molecule has 1 saturated heterocycles. The van der Waals surface area contributed by atoms with Gasteiger partial charge in [-0.3, -0.25) is 4.98 Å². The summed E-state index contributed by atoms with van der Waals surface area (Å²) < 4.78 is 0. The van der Waals surface area contributed by atoms with Crippen LogP contribution in [0.1, 0.15) is 31.9 Å². The summed E-state index contributed by atoms with van der Waals surface area (Å²) in [6.45, 7) is 5.94. The molecule has 100 valence electrons. The first-order valence-electron chi connectivity index (χ1n) is 7.03. The van der Waals surface area contributed by atoms with Crippen molar-refractivity contribution in [1.82, 2.24) is 14.9 Å². The van der Waals surface area contributed by atoms with Crippen LogP contribution in [0.15, 0.2) is 12.4 Å². The summed E-state index contributed by atoms with van der Waals surface area (Å²) in [6.07, 6.45) is 8.75. The van der Waals surface area contributed by atoms with Gasteiger partial charge in [0.15, 0.2) is 0 Å². The van der Waals surface area contributed by atoms with Crippen LogP contribution in [0.25, 0.3) is 0 Å². The van der Waals surface area contributed by atoms with Gasteiger partial charge in [0.05, 0.1) is 18.1 Å². The lowest BCUT2D eigenvalue weighted by Crippen LogP contribution is -2.24. The maximum absolute atomic E-state index is 4.47. The second-order valence-corrected chi connectivity index (χ2v) is 5.08. The SMILES string of the molecule is CCN1CCC[C@H](Cc2cnc(NC)cn2)CC1. The third-order valence-electron chi connectivity index (χ3n) is 3.85. The largest absolute Gasteiger partial charge is 0.372 e. The van der Waals surface area contributed by atoms with Crippen molar-refractivity contribution < 1.29 is 0 Å². The molecule has 1 N–H and O–H groups in total. The standard InChI is InChI=1S/C14H24N4/c1-3-18-7-4-5-12(6-8-18)9-13-10-17-14(15-2)11-16-13/h10-12H,3-9H2,1-2H3,(H,15,17)/t12-/m0/s1. The lowest BCUT2D eigenvalue weighted by Gasteiger charge is -2.17. The number of aromatic nitrogens is 2. The molecule has 0 unspecified atom stereocenters. The van der Waals surface area contributed by atoms with Crippen molar-refractivity contribution in [3.8, 4) is 0 Å². The lowest BCUT2D eigenvalue weighted by molar-refractivity contribution is 0.295. The molecule has 2 heterocycles. The van der Waals surface area contributed by atoms with E-state index in [0.717, 1.165) is 23.9 Å². The third kappa shape index (κ3) is 3.67. The molecule has 18 heavy (non-hydrogen) atoms. The molecule has 0 aliphatic carbocycles. The molecule has 0 bridgehead atoms. The van der Waals surface area contributed by atoms with E-state index in [4.69, 9.17) is 0 Å². The van der Waals surface area contributed by atoms with E-state index < -0.39 is 0 Å². The van der Waals surface area contributed by atoms with E-state index in [0.29, 0.717) is 0 Å². The predicted octanol–water partition coefficient (Wildman–Crippen LogP) is 2.18. The quantitative estimate of drug-likeness (QED) is 0.886. The van der Waals surface area contributed by atoms with E-state index >= 15 is 0 Å². The molecule has 0 amide bonds. The number of nitrogens with zero attached hydrogens (tertiary/aromatic N) is 3. The molecule has 1 aromatic heterocycles. The zero-order valence-electron chi connectivity index (χ0n) is 11.5. The molecule has 1 aromatic rings. The Labute approximate surface area is 110 Å². The van der Waals surface area contributed by atoms with Crippen LogP contribution < -0.4 is 5.32 Å². The Hall–Kier alpha value is -1.16. The Morgan fingerprint density at radius 1 is 1.28 bits per heavy atom. The maximum atomic E-state index is 4.47. The fourth-order valence-electron chi connectivity index (χ4n) is 2.63. The molecule has 0 spiro atoms. The highest BCUT2D eigenvalue weighted by Gasteiger charge is 2.16. The van der Waals surface area contributed by atoms with Gasteiger partial charge in [-0.1, -0.05) is 6.92 Å². The van der Waals surface area contributed by atoms with Gasteiger partial charge in [0.2, 0.25) is 0 Å². The smallest absolute Gasteiger partial charge is 0.144 e. The molecule has 4 nitrogen and oxygen atoms in total. The van der Waals surface area contributed by atoms with Crippen LogP contribution in [0.3, 0.4) is 0 Å². The zero-order valence-corrected chi connectivity index (χ0v) is 11.5. The van der Waals surface area contributed by atoms with Crippen LogP contribution in [0.4, 0.5) is 5.82 Å². The van der Waals surface area contributed by atoms with E-state index in [2.05, 4.69) is 27.1 Å². The number of rotatable bonds is 4. The molecule has 1 fully saturated rings. The van der Waals surface area contributed by atoms with E-state index in [-0.39, 0.29) is 0 Å². The average molecular weight is 248 g/mol. The Morgan fingerprint density at radius 3 is 2.83 bits per heavy atom. The van der Waals surface area contributed by atoms with Crippen LogP contribution in [-0.2, 0) is 6.42 Å². The topological polar surface area (TPSA) is 41.1 Å².